The van der Waals surface area contributed by atoms with E-state index in [1.54, 1.807) is 0 Å². The monoisotopic (exact) mass is 212 g/mol. The predicted octanol–water partition coefficient (Wildman–Crippen LogP) is 0.988. The fraction of sp³-hybridized carbons (Fsp3) is 0.364. The van der Waals surface area contributed by atoms with Gasteiger partial charge in [-0.3, -0.25) is 0 Å². The fourth-order valence-electron chi connectivity index (χ4n) is 0.810. The van der Waals surface area contributed by atoms with Crippen LogP contribution in [0.4, 0.5) is 0 Å². The van der Waals surface area contributed by atoms with Crippen molar-refractivity contribution in [1.82, 2.24) is 0 Å². The van der Waals surface area contributed by atoms with Crippen molar-refractivity contribution in [2.45, 2.75) is 18.7 Å². The van der Waals surface area contributed by atoms with Crippen LogP contribution in [0.2, 0.25) is 0 Å². The highest BCUT2D eigenvalue weighted by molar-refractivity contribution is 7.95. The second-order valence-electron chi connectivity index (χ2n) is 3.12. The van der Waals surface area contributed by atoms with Gasteiger partial charge in [0.25, 0.3) is 0 Å². The lowest BCUT2D eigenvalue weighted by atomic mass is 10.2. The molecule has 0 N–H and O–H groups in total. The molecule has 0 amide bonds. The van der Waals surface area contributed by atoms with E-state index in [4.69, 9.17) is 9.90 Å². The Morgan fingerprint density at radius 2 is 1.57 bits per heavy atom. The Hall–Kier alpha value is -0.960. The van der Waals surface area contributed by atoms with Gasteiger partial charge in [-0.25, -0.2) is 0 Å². The molecule has 3 heteroatoms. The van der Waals surface area contributed by atoms with E-state index < -0.39 is 5.97 Å². The van der Waals surface area contributed by atoms with Crippen LogP contribution in [0.3, 0.4) is 0 Å². The molecule has 0 heterocycles. The Balaban J connectivity index is 0.000000364. The molecule has 0 aliphatic rings. The molecule has 14 heavy (non-hydrogen) atoms. The summed E-state index contributed by atoms with van der Waals surface area (Å²) in [7, 11) is 0.413. The van der Waals surface area contributed by atoms with Crippen LogP contribution in [0.25, 0.3) is 0 Å². The number of aryl methyl sites for hydroxylation is 1. The van der Waals surface area contributed by atoms with Crippen molar-refractivity contribution in [3.63, 3.8) is 0 Å². The number of rotatable bonds is 1. The summed E-state index contributed by atoms with van der Waals surface area (Å²) in [5.41, 5.74) is 1.34. The zero-order chi connectivity index (χ0) is 11.1. The molecule has 1 aromatic carbocycles. The molecule has 1 rings (SSSR count). The summed E-state index contributed by atoms with van der Waals surface area (Å²) in [5.74, 6) is -1.08. The molecular formula is C11H16O2S. The summed E-state index contributed by atoms with van der Waals surface area (Å²) in [6, 6.07) is 8.75. The Bertz CT molecular complexity index is 274. The fourth-order valence-corrected chi connectivity index (χ4v) is 1.49. The Kier molecular flexibility index (Phi) is 6.04. The number of hydrogen-bond acceptors (Lipinski definition) is 2. The summed E-state index contributed by atoms with van der Waals surface area (Å²) in [6.45, 7) is 3.09. The maximum atomic E-state index is 8.89. The van der Waals surface area contributed by atoms with E-state index in [0.29, 0.717) is 10.9 Å². The van der Waals surface area contributed by atoms with E-state index in [2.05, 4.69) is 43.7 Å². The lowest BCUT2D eigenvalue weighted by molar-refractivity contribution is -0.302. The van der Waals surface area contributed by atoms with Gasteiger partial charge in [0.2, 0.25) is 0 Å². The van der Waals surface area contributed by atoms with Crippen LogP contribution in [0.5, 0.6) is 0 Å². The quantitative estimate of drug-likeness (QED) is 0.651. The molecule has 0 unspecified atom stereocenters. The first kappa shape index (κ1) is 13.0. The van der Waals surface area contributed by atoms with Crippen LogP contribution in [-0.2, 0) is 15.7 Å². The van der Waals surface area contributed by atoms with Crippen molar-refractivity contribution >= 4 is 16.9 Å². The zero-order valence-electron chi connectivity index (χ0n) is 9.03. The number of carboxylic acid groups (broad SMARTS) is 1. The van der Waals surface area contributed by atoms with Crippen molar-refractivity contribution in [3.05, 3.63) is 29.8 Å². The summed E-state index contributed by atoms with van der Waals surface area (Å²) in [4.78, 5) is 10.3. The van der Waals surface area contributed by atoms with Gasteiger partial charge in [-0.15, -0.1) is 0 Å². The highest BCUT2D eigenvalue weighted by atomic mass is 32.2. The van der Waals surface area contributed by atoms with Crippen molar-refractivity contribution in [2.24, 2.45) is 0 Å². The number of benzene rings is 1. The van der Waals surface area contributed by atoms with Gasteiger partial charge in [-0.05, 0) is 26.0 Å². The number of aliphatic carboxylic acids is 1. The topological polar surface area (TPSA) is 40.1 Å². The molecular weight excluding hydrogens is 196 g/mol. The Morgan fingerprint density at radius 3 is 1.86 bits per heavy atom. The lowest BCUT2D eigenvalue weighted by Crippen LogP contribution is -2.16. The molecule has 0 aliphatic heterocycles. The molecule has 0 bridgehead atoms. The minimum Gasteiger partial charge on any atom is -0.550 e. The highest BCUT2D eigenvalue weighted by Crippen LogP contribution is 2.09. The van der Waals surface area contributed by atoms with Gasteiger partial charge in [-0.1, -0.05) is 17.7 Å². The first-order chi connectivity index (χ1) is 6.43. The molecule has 0 spiro atoms. The molecule has 0 radical (unpaired) electrons. The third-order valence-electron chi connectivity index (χ3n) is 1.49. The van der Waals surface area contributed by atoms with Crippen molar-refractivity contribution in [3.8, 4) is 0 Å². The standard InChI is InChI=1S/C9H13S.C2H4O2/c1-8-4-6-9(7-5-8)10(2)3;1-2(3)4/h4-7H,1-3H3;1H3,(H,3,4)/q+1;/p-1. The number of hydrogen-bond donors (Lipinski definition) is 0. The maximum Gasteiger partial charge on any atom is 0.154 e. The average molecular weight is 212 g/mol. The van der Waals surface area contributed by atoms with E-state index in [1.807, 2.05) is 0 Å². The highest BCUT2D eigenvalue weighted by Gasteiger charge is 2.05. The number of carbonyl (C=O) groups is 1. The van der Waals surface area contributed by atoms with Crippen LogP contribution in [0.15, 0.2) is 29.2 Å². The molecule has 78 valence electrons. The van der Waals surface area contributed by atoms with Crippen LogP contribution in [0, 0.1) is 6.92 Å². The summed E-state index contributed by atoms with van der Waals surface area (Å²) in [5, 5.41) is 8.89. The van der Waals surface area contributed by atoms with Gasteiger partial charge in [0.1, 0.15) is 12.5 Å². The molecule has 2 nitrogen and oxygen atoms in total. The van der Waals surface area contributed by atoms with Gasteiger partial charge in [0.15, 0.2) is 4.90 Å². The van der Waals surface area contributed by atoms with Crippen molar-refractivity contribution in [1.29, 1.82) is 0 Å². The van der Waals surface area contributed by atoms with E-state index in [-0.39, 0.29) is 0 Å². The first-order valence-electron chi connectivity index (χ1n) is 4.25. The van der Waals surface area contributed by atoms with Gasteiger partial charge >= 0.3 is 0 Å². The summed E-state index contributed by atoms with van der Waals surface area (Å²) < 4.78 is 0. The molecule has 1 aromatic rings. The molecule has 0 aromatic heterocycles. The van der Waals surface area contributed by atoms with Crippen LogP contribution >= 0.6 is 0 Å². The molecule has 0 aliphatic carbocycles. The SMILES string of the molecule is CC(=O)[O-].Cc1ccc([S+](C)C)cc1. The largest absolute Gasteiger partial charge is 0.550 e. The summed E-state index contributed by atoms with van der Waals surface area (Å²) in [6.07, 6.45) is 4.48. The Morgan fingerprint density at radius 1 is 1.21 bits per heavy atom. The van der Waals surface area contributed by atoms with E-state index in [0.717, 1.165) is 6.92 Å². The molecule has 0 saturated heterocycles. The Labute approximate surface area is 88.3 Å². The summed E-state index contributed by atoms with van der Waals surface area (Å²) >= 11 is 0. The first-order valence-corrected chi connectivity index (χ1v) is 6.29. The third kappa shape index (κ3) is 6.54. The molecule has 0 fully saturated rings. The third-order valence-corrected chi connectivity index (χ3v) is 2.71. The maximum absolute atomic E-state index is 8.89. The van der Waals surface area contributed by atoms with Gasteiger partial charge in [0, 0.05) is 16.9 Å². The van der Waals surface area contributed by atoms with Gasteiger partial charge in [0.05, 0.1) is 0 Å². The van der Waals surface area contributed by atoms with Crippen molar-refractivity contribution in [2.75, 3.05) is 12.5 Å². The van der Waals surface area contributed by atoms with Crippen LogP contribution in [0.1, 0.15) is 12.5 Å². The number of carboxylic acids is 1. The minimum atomic E-state index is -1.08. The second kappa shape index (κ2) is 6.49. The van der Waals surface area contributed by atoms with Gasteiger partial charge < -0.3 is 9.90 Å². The predicted molar refractivity (Wildman–Crippen MR) is 59.3 cm³/mol. The van der Waals surface area contributed by atoms with E-state index in [1.165, 1.54) is 10.5 Å². The normalized spacial score (nSPS) is 9.21. The van der Waals surface area contributed by atoms with Crippen LogP contribution in [-0.4, -0.2) is 18.5 Å². The average Bonchev–Trinajstić information content (AvgIpc) is 2.03. The van der Waals surface area contributed by atoms with Gasteiger partial charge in [-0.2, -0.15) is 0 Å². The zero-order valence-corrected chi connectivity index (χ0v) is 9.85. The lowest BCUT2D eigenvalue weighted by Gasteiger charge is -1.95. The molecule has 0 saturated carbocycles. The second-order valence-corrected chi connectivity index (χ2v) is 5.23. The minimum absolute atomic E-state index is 0.413. The van der Waals surface area contributed by atoms with E-state index >= 15 is 0 Å². The smallest absolute Gasteiger partial charge is 0.154 e. The number of carbonyl (C=O) groups excluding carboxylic acids is 1. The van der Waals surface area contributed by atoms with E-state index in [9.17, 15) is 0 Å². The van der Waals surface area contributed by atoms with Crippen LogP contribution < -0.4 is 5.11 Å². The molecule has 0 atom stereocenters. The van der Waals surface area contributed by atoms with Crippen molar-refractivity contribution < 1.29 is 9.90 Å².